The maximum atomic E-state index is 11.8. The first-order valence-corrected chi connectivity index (χ1v) is 6.19. The van der Waals surface area contributed by atoms with E-state index in [1.165, 1.54) is 6.20 Å². The molecule has 0 aliphatic carbocycles. The molecule has 0 bridgehead atoms. The molecule has 0 radical (unpaired) electrons. The molecule has 0 saturated carbocycles. The summed E-state index contributed by atoms with van der Waals surface area (Å²) in [6, 6.07) is 9.86. The summed E-state index contributed by atoms with van der Waals surface area (Å²) in [7, 11) is 0. The molecule has 100 valence electrons. The van der Waals surface area contributed by atoms with Gasteiger partial charge in [0.15, 0.2) is 0 Å². The highest BCUT2D eigenvalue weighted by Crippen LogP contribution is 2.09. The van der Waals surface area contributed by atoms with Crippen molar-refractivity contribution in [2.75, 3.05) is 0 Å². The fraction of sp³-hybridized carbons (Fsp3) is 0.0714. The van der Waals surface area contributed by atoms with Crippen molar-refractivity contribution in [2.24, 2.45) is 0 Å². The van der Waals surface area contributed by atoms with Gasteiger partial charge in [-0.15, -0.1) is 0 Å². The van der Waals surface area contributed by atoms with Gasteiger partial charge in [-0.05, 0) is 12.1 Å². The SMILES string of the molecule is O=C(NCc1nccn1-c1ccccc1)c1cn[nH]c1. The van der Waals surface area contributed by atoms with Crippen LogP contribution in [0.25, 0.3) is 5.69 Å². The highest BCUT2D eigenvalue weighted by atomic mass is 16.1. The van der Waals surface area contributed by atoms with Crippen LogP contribution < -0.4 is 5.32 Å². The van der Waals surface area contributed by atoms with Gasteiger partial charge in [0, 0.05) is 24.3 Å². The van der Waals surface area contributed by atoms with Crippen LogP contribution in [0.1, 0.15) is 16.2 Å². The summed E-state index contributed by atoms with van der Waals surface area (Å²) in [6.45, 7) is 0.353. The van der Waals surface area contributed by atoms with Crippen LogP contribution >= 0.6 is 0 Å². The van der Waals surface area contributed by atoms with Crippen molar-refractivity contribution in [1.82, 2.24) is 25.1 Å². The van der Waals surface area contributed by atoms with Gasteiger partial charge >= 0.3 is 0 Å². The molecule has 3 aromatic rings. The second-order valence-corrected chi connectivity index (χ2v) is 4.22. The van der Waals surface area contributed by atoms with E-state index < -0.39 is 0 Å². The fourth-order valence-corrected chi connectivity index (χ4v) is 1.93. The van der Waals surface area contributed by atoms with Crippen molar-refractivity contribution in [3.8, 4) is 5.69 Å². The van der Waals surface area contributed by atoms with Gasteiger partial charge in [-0.1, -0.05) is 18.2 Å². The normalized spacial score (nSPS) is 10.4. The van der Waals surface area contributed by atoms with Crippen molar-refractivity contribution in [2.45, 2.75) is 6.54 Å². The molecule has 2 N–H and O–H groups in total. The molecule has 3 rings (SSSR count). The molecule has 6 nitrogen and oxygen atoms in total. The van der Waals surface area contributed by atoms with Crippen LogP contribution in [-0.2, 0) is 6.54 Å². The lowest BCUT2D eigenvalue weighted by atomic mass is 10.3. The molecule has 0 spiro atoms. The zero-order valence-corrected chi connectivity index (χ0v) is 10.7. The average Bonchev–Trinajstić information content (AvgIpc) is 3.17. The molecule has 2 aromatic heterocycles. The van der Waals surface area contributed by atoms with Gasteiger partial charge in [-0.25, -0.2) is 4.98 Å². The Morgan fingerprint density at radius 3 is 2.90 bits per heavy atom. The van der Waals surface area contributed by atoms with E-state index in [4.69, 9.17) is 0 Å². The predicted molar refractivity (Wildman–Crippen MR) is 73.3 cm³/mol. The Labute approximate surface area is 115 Å². The van der Waals surface area contributed by atoms with E-state index in [-0.39, 0.29) is 5.91 Å². The lowest BCUT2D eigenvalue weighted by Crippen LogP contribution is -2.24. The number of aromatic nitrogens is 4. The summed E-state index contributed by atoms with van der Waals surface area (Å²) in [4.78, 5) is 16.1. The number of carbonyl (C=O) groups is 1. The minimum absolute atomic E-state index is 0.179. The van der Waals surface area contributed by atoms with Crippen LogP contribution in [0.2, 0.25) is 0 Å². The first-order valence-electron chi connectivity index (χ1n) is 6.19. The minimum atomic E-state index is -0.179. The Balaban J connectivity index is 1.73. The number of hydrogen-bond donors (Lipinski definition) is 2. The lowest BCUT2D eigenvalue weighted by Gasteiger charge is -2.08. The number of nitrogens with one attached hydrogen (secondary N) is 2. The topological polar surface area (TPSA) is 75.6 Å². The van der Waals surface area contributed by atoms with Crippen molar-refractivity contribution in [3.63, 3.8) is 0 Å². The van der Waals surface area contributed by atoms with Gasteiger partial charge in [-0.3, -0.25) is 9.89 Å². The molecule has 2 heterocycles. The minimum Gasteiger partial charge on any atom is -0.345 e. The van der Waals surface area contributed by atoms with E-state index >= 15 is 0 Å². The predicted octanol–water partition coefficient (Wildman–Crippen LogP) is 1.53. The number of carbonyl (C=O) groups excluding carboxylic acids is 1. The maximum Gasteiger partial charge on any atom is 0.254 e. The third-order valence-electron chi connectivity index (χ3n) is 2.92. The quantitative estimate of drug-likeness (QED) is 0.752. The number of imidazole rings is 1. The molecule has 0 fully saturated rings. The second kappa shape index (κ2) is 5.40. The number of nitrogens with zero attached hydrogens (tertiary/aromatic N) is 3. The first-order chi connectivity index (χ1) is 9.84. The number of aromatic amines is 1. The van der Waals surface area contributed by atoms with Gasteiger partial charge in [0.2, 0.25) is 0 Å². The van der Waals surface area contributed by atoms with Crippen LogP contribution in [0.4, 0.5) is 0 Å². The largest absolute Gasteiger partial charge is 0.345 e. The summed E-state index contributed by atoms with van der Waals surface area (Å²) in [5, 5.41) is 9.17. The smallest absolute Gasteiger partial charge is 0.254 e. The van der Waals surface area contributed by atoms with E-state index in [0.717, 1.165) is 11.5 Å². The van der Waals surface area contributed by atoms with Crippen molar-refractivity contribution in [3.05, 3.63) is 66.5 Å². The highest BCUT2D eigenvalue weighted by Gasteiger charge is 2.09. The van der Waals surface area contributed by atoms with Crippen LogP contribution in [0.5, 0.6) is 0 Å². The van der Waals surface area contributed by atoms with Gasteiger partial charge < -0.3 is 9.88 Å². The monoisotopic (exact) mass is 267 g/mol. The molecule has 0 atom stereocenters. The number of hydrogen-bond acceptors (Lipinski definition) is 3. The van der Waals surface area contributed by atoms with Crippen LogP contribution in [0.3, 0.4) is 0 Å². The fourth-order valence-electron chi connectivity index (χ4n) is 1.93. The highest BCUT2D eigenvalue weighted by molar-refractivity contribution is 5.93. The average molecular weight is 267 g/mol. The first kappa shape index (κ1) is 12.2. The number of H-pyrrole nitrogens is 1. The second-order valence-electron chi connectivity index (χ2n) is 4.22. The molecule has 0 saturated heterocycles. The van der Waals surface area contributed by atoms with E-state index in [1.807, 2.05) is 41.1 Å². The molecule has 0 aliphatic heterocycles. The van der Waals surface area contributed by atoms with E-state index in [0.29, 0.717) is 12.1 Å². The molecule has 6 heteroatoms. The Bertz CT molecular complexity index is 687. The number of para-hydroxylation sites is 1. The van der Waals surface area contributed by atoms with Crippen LogP contribution in [0.15, 0.2) is 55.1 Å². The maximum absolute atomic E-state index is 11.8. The molecule has 0 unspecified atom stereocenters. The summed E-state index contributed by atoms with van der Waals surface area (Å²) in [5.74, 6) is 0.592. The Morgan fingerprint density at radius 2 is 2.15 bits per heavy atom. The molecule has 1 amide bonds. The molecule has 20 heavy (non-hydrogen) atoms. The lowest BCUT2D eigenvalue weighted by molar-refractivity contribution is 0.0950. The van der Waals surface area contributed by atoms with E-state index in [1.54, 1.807) is 12.4 Å². The van der Waals surface area contributed by atoms with Gasteiger partial charge in [-0.2, -0.15) is 5.10 Å². The Hall–Kier alpha value is -2.89. The van der Waals surface area contributed by atoms with Crippen LogP contribution in [0, 0.1) is 0 Å². The van der Waals surface area contributed by atoms with Crippen molar-refractivity contribution in [1.29, 1.82) is 0 Å². The summed E-state index contributed by atoms with van der Waals surface area (Å²) >= 11 is 0. The number of amides is 1. The number of benzene rings is 1. The van der Waals surface area contributed by atoms with Crippen molar-refractivity contribution >= 4 is 5.91 Å². The van der Waals surface area contributed by atoms with Crippen molar-refractivity contribution < 1.29 is 4.79 Å². The zero-order chi connectivity index (χ0) is 13.8. The molecule has 0 aliphatic rings. The zero-order valence-electron chi connectivity index (χ0n) is 10.7. The van der Waals surface area contributed by atoms with Gasteiger partial charge in [0.1, 0.15) is 5.82 Å². The van der Waals surface area contributed by atoms with Crippen LogP contribution in [-0.4, -0.2) is 25.7 Å². The number of rotatable bonds is 4. The van der Waals surface area contributed by atoms with E-state index in [2.05, 4.69) is 20.5 Å². The Morgan fingerprint density at radius 1 is 1.30 bits per heavy atom. The molecular weight excluding hydrogens is 254 g/mol. The molecule has 1 aromatic carbocycles. The summed E-state index contributed by atoms with van der Waals surface area (Å²) in [6.07, 6.45) is 6.62. The van der Waals surface area contributed by atoms with Gasteiger partial charge in [0.05, 0.1) is 18.3 Å². The van der Waals surface area contributed by atoms with E-state index in [9.17, 15) is 4.79 Å². The summed E-state index contributed by atoms with van der Waals surface area (Å²) < 4.78 is 1.94. The summed E-state index contributed by atoms with van der Waals surface area (Å²) in [5.41, 5.74) is 1.51. The Kier molecular flexibility index (Phi) is 3.28. The third-order valence-corrected chi connectivity index (χ3v) is 2.92. The standard InChI is InChI=1S/C14H13N5O/c20-14(11-8-17-18-9-11)16-10-13-15-6-7-19(13)12-4-2-1-3-5-12/h1-9H,10H2,(H,16,20)(H,17,18). The third kappa shape index (κ3) is 2.44. The van der Waals surface area contributed by atoms with Gasteiger partial charge in [0.25, 0.3) is 5.91 Å². The molecular formula is C14H13N5O.